The third kappa shape index (κ3) is 6.46. The summed E-state index contributed by atoms with van der Waals surface area (Å²) >= 11 is 6.42. The lowest BCUT2D eigenvalue weighted by atomic mass is 10.1. The van der Waals surface area contributed by atoms with E-state index in [4.69, 9.17) is 21.1 Å². The molecule has 0 radical (unpaired) electrons. The highest BCUT2D eigenvalue weighted by Crippen LogP contribution is 2.35. The number of hydrogen-bond acceptors (Lipinski definition) is 8. The largest absolute Gasteiger partial charge is 0.475 e. The van der Waals surface area contributed by atoms with Gasteiger partial charge in [0.15, 0.2) is 0 Å². The van der Waals surface area contributed by atoms with E-state index >= 15 is 0 Å². The van der Waals surface area contributed by atoms with E-state index in [1.54, 1.807) is 18.2 Å². The van der Waals surface area contributed by atoms with E-state index in [9.17, 15) is 36.0 Å². The molecule has 0 aliphatic carbocycles. The van der Waals surface area contributed by atoms with Gasteiger partial charge in [0, 0.05) is 23.5 Å². The van der Waals surface area contributed by atoms with Gasteiger partial charge in [-0.15, -0.1) is 0 Å². The van der Waals surface area contributed by atoms with E-state index < -0.39 is 49.7 Å². The lowest BCUT2D eigenvalue weighted by molar-refractivity contribution is -0.138. The van der Waals surface area contributed by atoms with Crippen LogP contribution in [-0.4, -0.2) is 58.4 Å². The van der Waals surface area contributed by atoms with Gasteiger partial charge in [0.2, 0.25) is 10.9 Å². The Bertz CT molecular complexity index is 1920. The first-order valence-corrected chi connectivity index (χ1v) is 14.8. The maximum Gasteiger partial charge on any atom is 0.416 e. The lowest BCUT2D eigenvalue weighted by Gasteiger charge is -2.14. The number of alkyl halides is 3. The van der Waals surface area contributed by atoms with Gasteiger partial charge in [-0.05, 0) is 65.4 Å². The summed E-state index contributed by atoms with van der Waals surface area (Å²) in [6.07, 6.45) is -1.68. The molecule has 1 aliphatic heterocycles. The highest BCUT2D eigenvalue weighted by atomic mass is 35.5. The number of halogens is 4. The highest BCUT2D eigenvalue weighted by molar-refractivity contribution is 8.18. The van der Waals surface area contributed by atoms with E-state index in [0.29, 0.717) is 28.2 Å². The van der Waals surface area contributed by atoms with Crippen LogP contribution in [0.4, 0.5) is 18.0 Å². The summed E-state index contributed by atoms with van der Waals surface area (Å²) in [5, 5.41) is 12.4. The number of furan rings is 1. The minimum Gasteiger partial charge on any atom is -0.475 e. The number of carboxylic acids is 1. The van der Waals surface area contributed by atoms with Crippen LogP contribution in [0.1, 0.15) is 27.2 Å². The van der Waals surface area contributed by atoms with Crippen LogP contribution in [0.15, 0.2) is 69.1 Å². The van der Waals surface area contributed by atoms with Crippen LogP contribution >= 0.6 is 23.4 Å². The summed E-state index contributed by atoms with van der Waals surface area (Å²) in [5.41, 5.74) is 0.175. The number of carbonyl (C=O) groups excluding carboxylic acids is 2. The average Bonchev–Trinajstić information content (AvgIpc) is 3.64. The number of aromatic nitrogens is 2. The quantitative estimate of drug-likeness (QED) is 0.236. The molecule has 2 aromatic heterocycles. The molecule has 43 heavy (non-hydrogen) atoms. The van der Waals surface area contributed by atoms with Crippen molar-refractivity contribution in [1.82, 2.24) is 19.4 Å². The summed E-state index contributed by atoms with van der Waals surface area (Å²) in [6.45, 7) is -0.826. The predicted molar refractivity (Wildman–Crippen MR) is 149 cm³/mol. The molecule has 4 aromatic rings. The number of hydrogen-bond donors (Lipinski definition) is 2. The Hall–Kier alpha value is -4.12. The number of nitrogens with one attached hydrogen (secondary N) is 1. The Kier molecular flexibility index (Phi) is 8.13. The summed E-state index contributed by atoms with van der Waals surface area (Å²) in [5.74, 6) is -2.67. The SMILES string of the molecule is O=C(O)c1ccc(S(=O)(=O)NCCN2C(=O)S/C(=C\c3ccc4c(cnn4Cc4ccc(Cl)cc4C(F)(F)F)c3)C2=O)o1. The standard InChI is InChI=1S/C26H18ClF3N4O7S2/c27-17-3-2-15(18(11-17)26(28,29)30)13-34-19-4-1-14(9-16(19)12-31-34)10-21-23(35)33(25(38)42-21)8-7-32-43(39,40)22-6-5-20(41-22)24(36)37/h1-6,9-12,32H,7-8,13H2,(H,36,37)/b21-10-. The molecular formula is C26H18ClF3N4O7S2. The molecule has 0 spiro atoms. The second kappa shape index (κ2) is 11.5. The Morgan fingerprint density at radius 1 is 1.14 bits per heavy atom. The van der Waals surface area contributed by atoms with Crippen LogP contribution in [0.3, 0.4) is 0 Å². The molecule has 2 amide bonds. The Balaban J connectivity index is 1.27. The third-order valence-electron chi connectivity index (χ3n) is 6.22. The van der Waals surface area contributed by atoms with E-state index in [1.165, 1.54) is 29.1 Å². The number of thioether (sulfide) groups is 1. The Morgan fingerprint density at radius 3 is 2.60 bits per heavy atom. The van der Waals surface area contributed by atoms with Crippen molar-refractivity contribution in [1.29, 1.82) is 0 Å². The molecule has 224 valence electrons. The lowest BCUT2D eigenvalue weighted by Crippen LogP contribution is -2.37. The van der Waals surface area contributed by atoms with Crippen LogP contribution in [0.5, 0.6) is 0 Å². The predicted octanol–water partition coefficient (Wildman–Crippen LogP) is 5.06. The van der Waals surface area contributed by atoms with Crippen LogP contribution in [-0.2, 0) is 27.5 Å². The first kappa shape index (κ1) is 30.3. The summed E-state index contributed by atoms with van der Waals surface area (Å²) in [4.78, 5) is 37.2. The number of rotatable bonds is 9. The first-order chi connectivity index (χ1) is 20.2. The molecule has 17 heteroatoms. The summed E-state index contributed by atoms with van der Waals surface area (Å²) < 4.78 is 73.5. The van der Waals surface area contributed by atoms with Crippen molar-refractivity contribution in [3.8, 4) is 0 Å². The van der Waals surface area contributed by atoms with Crippen LogP contribution < -0.4 is 4.72 Å². The number of sulfonamides is 1. The molecule has 1 saturated heterocycles. The molecule has 2 N–H and O–H groups in total. The number of imide groups is 1. The van der Waals surface area contributed by atoms with Gasteiger partial charge in [-0.3, -0.25) is 19.2 Å². The molecule has 3 heterocycles. The monoisotopic (exact) mass is 654 g/mol. The number of carboxylic acid groups (broad SMARTS) is 1. The highest BCUT2D eigenvalue weighted by Gasteiger charge is 2.35. The number of carbonyl (C=O) groups is 3. The molecular weight excluding hydrogens is 637 g/mol. The molecule has 0 bridgehead atoms. The molecule has 0 unspecified atom stereocenters. The third-order valence-corrected chi connectivity index (χ3v) is 8.69. The van der Waals surface area contributed by atoms with Crippen molar-refractivity contribution in [2.75, 3.05) is 13.1 Å². The van der Waals surface area contributed by atoms with E-state index in [0.717, 1.165) is 23.1 Å². The smallest absolute Gasteiger partial charge is 0.416 e. The average molecular weight is 655 g/mol. The van der Waals surface area contributed by atoms with Gasteiger partial charge in [0.05, 0.1) is 28.7 Å². The fourth-order valence-electron chi connectivity index (χ4n) is 4.22. The number of fused-ring (bicyclic) bond motifs is 1. The summed E-state index contributed by atoms with van der Waals surface area (Å²) in [7, 11) is -4.23. The zero-order valence-corrected chi connectivity index (χ0v) is 23.9. The fraction of sp³-hybridized carbons (Fsp3) is 0.154. The molecule has 5 rings (SSSR count). The van der Waals surface area contributed by atoms with Gasteiger partial charge in [-0.2, -0.15) is 18.3 Å². The molecule has 1 fully saturated rings. The number of amides is 2. The molecule has 0 saturated carbocycles. The van der Waals surface area contributed by atoms with Gasteiger partial charge in [-0.25, -0.2) is 17.9 Å². The van der Waals surface area contributed by atoms with E-state index in [1.807, 2.05) is 0 Å². The van der Waals surface area contributed by atoms with Gasteiger partial charge >= 0.3 is 12.1 Å². The van der Waals surface area contributed by atoms with E-state index in [-0.39, 0.29) is 35.1 Å². The van der Waals surface area contributed by atoms with E-state index in [2.05, 4.69) is 9.82 Å². The minimum absolute atomic E-state index is 0.0175. The summed E-state index contributed by atoms with van der Waals surface area (Å²) in [6, 6.07) is 10.4. The fourth-order valence-corrected chi connectivity index (χ4v) is 6.21. The Labute approximate surface area is 249 Å². The molecule has 2 aromatic carbocycles. The molecule has 1 aliphatic rings. The van der Waals surface area contributed by atoms with Crippen molar-refractivity contribution in [3.63, 3.8) is 0 Å². The number of benzene rings is 2. The second-order valence-corrected chi connectivity index (χ2v) is 12.2. The maximum atomic E-state index is 13.5. The topological polar surface area (TPSA) is 152 Å². The minimum atomic E-state index is -4.60. The van der Waals surface area contributed by atoms with Crippen LogP contribution in [0, 0.1) is 0 Å². The number of nitrogens with zero attached hydrogens (tertiary/aromatic N) is 3. The van der Waals surface area contributed by atoms with Crippen LogP contribution in [0.2, 0.25) is 5.02 Å². The molecule has 0 atom stereocenters. The maximum absolute atomic E-state index is 13.5. The van der Waals surface area contributed by atoms with Gasteiger partial charge in [0.1, 0.15) is 0 Å². The van der Waals surface area contributed by atoms with Gasteiger partial charge in [0.25, 0.3) is 21.2 Å². The normalized spacial score (nSPS) is 15.3. The second-order valence-electron chi connectivity index (χ2n) is 9.07. The van der Waals surface area contributed by atoms with Gasteiger partial charge < -0.3 is 9.52 Å². The number of aromatic carboxylic acids is 1. The van der Waals surface area contributed by atoms with Crippen molar-refractivity contribution >= 4 is 67.5 Å². The zero-order valence-electron chi connectivity index (χ0n) is 21.5. The van der Waals surface area contributed by atoms with Crippen LogP contribution in [0.25, 0.3) is 17.0 Å². The molecule has 11 nitrogen and oxygen atoms in total. The van der Waals surface area contributed by atoms with Crippen molar-refractivity contribution < 1.29 is 45.5 Å². The first-order valence-electron chi connectivity index (χ1n) is 12.1. The van der Waals surface area contributed by atoms with Crippen molar-refractivity contribution in [2.45, 2.75) is 17.8 Å². The van der Waals surface area contributed by atoms with Gasteiger partial charge in [-0.1, -0.05) is 23.7 Å². The Morgan fingerprint density at radius 2 is 1.91 bits per heavy atom. The van der Waals surface area contributed by atoms with Crippen molar-refractivity contribution in [2.24, 2.45) is 0 Å². The van der Waals surface area contributed by atoms with Crippen molar-refractivity contribution in [3.05, 3.63) is 87.1 Å². The zero-order chi connectivity index (χ0) is 31.1.